The quantitative estimate of drug-likeness (QED) is 0.466. The van der Waals surface area contributed by atoms with Crippen molar-refractivity contribution in [2.24, 2.45) is 0 Å². The number of amides is 2. The summed E-state index contributed by atoms with van der Waals surface area (Å²) in [4.78, 5) is 24.1. The highest BCUT2D eigenvalue weighted by atomic mass is 16.2. The third-order valence-corrected chi connectivity index (χ3v) is 3.96. The molecule has 0 aliphatic carbocycles. The number of ketones is 1. The van der Waals surface area contributed by atoms with Crippen LogP contribution in [-0.2, 0) is 0 Å². The Morgan fingerprint density at radius 3 is 1.89 bits per heavy atom. The lowest BCUT2D eigenvalue weighted by atomic mass is 10.1. The third-order valence-electron chi connectivity index (χ3n) is 3.96. The van der Waals surface area contributed by atoms with Crippen molar-refractivity contribution in [2.45, 2.75) is 6.92 Å². The molecule has 2 amide bonds. The van der Waals surface area contributed by atoms with E-state index in [9.17, 15) is 9.59 Å². The molecule has 0 saturated carbocycles. The van der Waals surface area contributed by atoms with Crippen molar-refractivity contribution < 1.29 is 9.59 Å². The second kappa shape index (κ2) is 8.63. The van der Waals surface area contributed by atoms with Gasteiger partial charge in [0, 0.05) is 16.9 Å². The Bertz CT molecular complexity index is 944. The summed E-state index contributed by atoms with van der Waals surface area (Å²) in [6.45, 7) is 1.99. The van der Waals surface area contributed by atoms with Crippen LogP contribution in [0, 0.1) is 6.92 Å². The smallest absolute Gasteiger partial charge is 0.308 e. The first-order valence-electron chi connectivity index (χ1n) is 8.62. The number of carbonyl (C=O) groups is 2. The predicted octanol–water partition coefficient (Wildman–Crippen LogP) is 5.54. The molecule has 0 fully saturated rings. The molecule has 3 aromatic carbocycles. The van der Waals surface area contributed by atoms with Crippen molar-refractivity contribution in [1.29, 1.82) is 0 Å². The molecule has 0 aliphatic rings. The van der Waals surface area contributed by atoms with E-state index >= 15 is 0 Å². The summed E-state index contributed by atoms with van der Waals surface area (Å²) in [5.74, 6) is -0.0460. The average Bonchev–Trinajstić information content (AvgIpc) is 2.69. The fourth-order valence-corrected chi connectivity index (χ4v) is 2.48. The Morgan fingerprint density at radius 2 is 1.30 bits per heavy atom. The SMILES string of the molecule is Cc1ccc(NC(=O)Nc2ccc(/C=C/C(=O)c3ccccc3)cc2)cc1. The van der Waals surface area contributed by atoms with E-state index in [1.165, 1.54) is 0 Å². The molecule has 3 aromatic rings. The fraction of sp³-hybridized carbons (Fsp3) is 0.0435. The summed E-state index contributed by atoms with van der Waals surface area (Å²) in [6, 6.07) is 23.7. The van der Waals surface area contributed by atoms with Gasteiger partial charge in [0.1, 0.15) is 0 Å². The number of urea groups is 1. The number of anilines is 2. The van der Waals surface area contributed by atoms with Gasteiger partial charge in [-0.3, -0.25) is 4.79 Å². The van der Waals surface area contributed by atoms with Gasteiger partial charge in [-0.1, -0.05) is 66.2 Å². The van der Waals surface area contributed by atoms with Gasteiger partial charge in [-0.15, -0.1) is 0 Å². The molecule has 3 rings (SSSR count). The van der Waals surface area contributed by atoms with Crippen molar-refractivity contribution in [3.8, 4) is 0 Å². The number of nitrogens with one attached hydrogen (secondary N) is 2. The summed E-state index contributed by atoms with van der Waals surface area (Å²) in [6.07, 6.45) is 3.30. The average molecular weight is 356 g/mol. The lowest BCUT2D eigenvalue weighted by Crippen LogP contribution is -2.19. The number of hydrogen-bond acceptors (Lipinski definition) is 2. The van der Waals surface area contributed by atoms with E-state index in [4.69, 9.17) is 0 Å². The van der Waals surface area contributed by atoms with Gasteiger partial charge < -0.3 is 10.6 Å². The molecule has 27 heavy (non-hydrogen) atoms. The van der Waals surface area contributed by atoms with Crippen LogP contribution in [0.25, 0.3) is 6.08 Å². The van der Waals surface area contributed by atoms with E-state index in [1.54, 1.807) is 36.4 Å². The van der Waals surface area contributed by atoms with Crippen LogP contribution >= 0.6 is 0 Å². The van der Waals surface area contributed by atoms with Crippen molar-refractivity contribution in [1.82, 2.24) is 0 Å². The molecule has 2 N–H and O–H groups in total. The second-order valence-corrected chi connectivity index (χ2v) is 6.13. The zero-order valence-electron chi connectivity index (χ0n) is 15.0. The molecule has 0 heterocycles. The van der Waals surface area contributed by atoms with E-state index in [-0.39, 0.29) is 11.8 Å². The maximum atomic E-state index is 12.1. The molecule has 0 spiro atoms. The van der Waals surface area contributed by atoms with Gasteiger partial charge in [0.15, 0.2) is 5.78 Å². The van der Waals surface area contributed by atoms with Crippen LogP contribution < -0.4 is 10.6 Å². The minimum absolute atomic E-state index is 0.0460. The van der Waals surface area contributed by atoms with Crippen LogP contribution in [0.4, 0.5) is 16.2 Å². The highest BCUT2D eigenvalue weighted by Gasteiger charge is 2.03. The summed E-state index contributed by atoms with van der Waals surface area (Å²) >= 11 is 0. The topological polar surface area (TPSA) is 58.2 Å². The Morgan fingerprint density at radius 1 is 0.741 bits per heavy atom. The Balaban J connectivity index is 1.56. The van der Waals surface area contributed by atoms with E-state index in [1.807, 2.05) is 61.5 Å². The molecule has 0 saturated heterocycles. The Labute approximate surface area is 158 Å². The van der Waals surface area contributed by atoms with Crippen molar-refractivity contribution in [3.05, 3.63) is 102 Å². The van der Waals surface area contributed by atoms with Crippen molar-refractivity contribution in [2.75, 3.05) is 10.6 Å². The van der Waals surface area contributed by atoms with Gasteiger partial charge >= 0.3 is 6.03 Å². The van der Waals surface area contributed by atoms with Crippen LogP contribution in [0.3, 0.4) is 0 Å². The number of benzene rings is 3. The molecular weight excluding hydrogens is 336 g/mol. The number of aryl methyl sites for hydroxylation is 1. The zero-order chi connectivity index (χ0) is 19.1. The summed E-state index contributed by atoms with van der Waals surface area (Å²) < 4.78 is 0. The molecule has 134 valence electrons. The number of hydrogen-bond donors (Lipinski definition) is 2. The van der Waals surface area contributed by atoms with Gasteiger partial charge in [-0.25, -0.2) is 4.79 Å². The van der Waals surface area contributed by atoms with Crippen LogP contribution in [0.5, 0.6) is 0 Å². The lowest BCUT2D eigenvalue weighted by Gasteiger charge is -2.08. The molecule has 0 unspecified atom stereocenters. The number of rotatable bonds is 5. The fourth-order valence-electron chi connectivity index (χ4n) is 2.48. The minimum Gasteiger partial charge on any atom is -0.308 e. The van der Waals surface area contributed by atoms with E-state index in [2.05, 4.69) is 10.6 Å². The van der Waals surface area contributed by atoms with E-state index < -0.39 is 0 Å². The summed E-state index contributed by atoms with van der Waals surface area (Å²) in [5.41, 5.74) is 4.07. The normalized spacial score (nSPS) is 10.6. The van der Waals surface area contributed by atoms with Crippen molar-refractivity contribution in [3.63, 3.8) is 0 Å². The molecule has 4 heteroatoms. The first-order chi connectivity index (χ1) is 13.1. The maximum absolute atomic E-state index is 12.1. The van der Waals surface area contributed by atoms with Gasteiger partial charge in [0.05, 0.1) is 0 Å². The zero-order valence-corrected chi connectivity index (χ0v) is 15.0. The first-order valence-corrected chi connectivity index (χ1v) is 8.62. The van der Waals surface area contributed by atoms with Gasteiger partial charge in [-0.2, -0.15) is 0 Å². The Kier molecular flexibility index (Phi) is 5.80. The first kappa shape index (κ1) is 18.1. The monoisotopic (exact) mass is 356 g/mol. The van der Waals surface area contributed by atoms with Crippen LogP contribution in [0.1, 0.15) is 21.5 Å². The molecule has 0 aliphatic heterocycles. The van der Waals surface area contributed by atoms with E-state index in [0.717, 1.165) is 16.8 Å². The van der Waals surface area contributed by atoms with Gasteiger partial charge in [-0.05, 0) is 42.8 Å². The Hall–Kier alpha value is -3.66. The van der Waals surface area contributed by atoms with Crippen LogP contribution in [0.2, 0.25) is 0 Å². The number of allylic oxidation sites excluding steroid dienone is 1. The van der Waals surface area contributed by atoms with Gasteiger partial charge in [0.2, 0.25) is 0 Å². The predicted molar refractivity (Wildman–Crippen MR) is 110 cm³/mol. The minimum atomic E-state index is -0.304. The molecule has 0 aromatic heterocycles. The third kappa shape index (κ3) is 5.41. The summed E-state index contributed by atoms with van der Waals surface area (Å²) in [7, 11) is 0. The second-order valence-electron chi connectivity index (χ2n) is 6.13. The lowest BCUT2D eigenvalue weighted by molar-refractivity contribution is 0.104. The van der Waals surface area contributed by atoms with Crippen LogP contribution in [0.15, 0.2) is 84.9 Å². The molecule has 0 radical (unpaired) electrons. The largest absolute Gasteiger partial charge is 0.323 e. The van der Waals surface area contributed by atoms with E-state index in [0.29, 0.717) is 11.3 Å². The maximum Gasteiger partial charge on any atom is 0.323 e. The highest BCUT2D eigenvalue weighted by Crippen LogP contribution is 2.13. The van der Waals surface area contributed by atoms with Crippen LogP contribution in [-0.4, -0.2) is 11.8 Å². The standard InChI is InChI=1S/C23H20N2O2/c1-17-7-12-20(13-8-17)24-23(27)25-21-14-9-18(10-15-21)11-16-22(26)19-5-3-2-4-6-19/h2-16H,1H3,(H2,24,25,27)/b16-11+. The molecular formula is C23H20N2O2. The summed E-state index contributed by atoms with van der Waals surface area (Å²) in [5, 5.41) is 5.56. The molecule has 4 nitrogen and oxygen atoms in total. The highest BCUT2D eigenvalue weighted by molar-refractivity contribution is 6.06. The molecule has 0 bridgehead atoms. The van der Waals surface area contributed by atoms with Gasteiger partial charge in [0.25, 0.3) is 0 Å². The number of carbonyl (C=O) groups excluding carboxylic acids is 2. The molecule has 0 atom stereocenters. The van der Waals surface area contributed by atoms with Crippen molar-refractivity contribution >= 4 is 29.3 Å².